The largest absolute Gasteiger partial charge is 0.491 e. The lowest BCUT2D eigenvalue weighted by atomic mass is 10.2. The Balaban J connectivity index is 2.33. The van der Waals surface area contributed by atoms with Crippen molar-refractivity contribution in [1.82, 2.24) is 0 Å². The van der Waals surface area contributed by atoms with E-state index in [9.17, 15) is 9.59 Å². The fourth-order valence-corrected chi connectivity index (χ4v) is 1.76. The molecule has 0 heterocycles. The monoisotopic (exact) mass is 264 g/mol. The maximum atomic E-state index is 11.3. The van der Waals surface area contributed by atoms with Gasteiger partial charge in [-0.2, -0.15) is 0 Å². The zero-order valence-electron chi connectivity index (χ0n) is 11.6. The van der Waals surface area contributed by atoms with Gasteiger partial charge in [0.15, 0.2) is 0 Å². The number of carbonyl (C=O) groups is 2. The number of ketones is 1. The predicted molar refractivity (Wildman–Crippen MR) is 72.0 cm³/mol. The molecule has 0 bridgehead atoms. The highest BCUT2D eigenvalue weighted by Crippen LogP contribution is 2.14. The molecule has 4 nitrogen and oxygen atoms in total. The number of hydrogen-bond acceptors (Lipinski definition) is 4. The highest BCUT2D eigenvalue weighted by Gasteiger charge is 2.15. The van der Waals surface area contributed by atoms with Gasteiger partial charge in [0.05, 0.1) is 6.10 Å². The van der Waals surface area contributed by atoms with Crippen LogP contribution >= 0.6 is 0 Å². The molecular weight excluding hydrogens is 244 g/mol. The van der Waals surface area contributed by atoms with Crippen molar-refractivity contribution >= 4 is 11.8 Å². The van der Waals surface area contributed by atoms with Crippen LogP contribution < -0.4 is 4.74 Å². The third-order valence-electron chi connectivity index (χ3n) is 2.47. The Morgan fingerprint density at radius 3 is 2.32 bits per heavy atom. The number of Topliss-reactive ketones (excluding diaryl/α,β-unsaturated/α-hetero) is 1. The van der Waals surface area contributed by atoms with Gasteiger partial charge in [0.2, 0.25) is 0 Å². The van der Waals surface area contributed by atoms with Crippen LogP contribution in [0.25, 0.3) is 0 Å². The van der Waals surface area contributed by atoms with Crippen LogP contribution in [0.4, 0.5) is 0 Å². The van der Waals surface area contributed by atoms with Crippen molar-refractivity contribution in [2.75, 3.05) is 0 Å². The summed E-state index contributed by atoms with van der Waals surface area (Å²) in [6, 6.07) is 9.48. The Hall–Kier alpha value is -1.84. The van der Waals surface area contributed by atoms with E-state index in [1.165, 1.54) is 6.92 Å². The molecule has 1 rings (SSSR count). The van der Waals surface area contributed by atoms with Gasteiger partial charge in [0.1, 0.15) is 24.1 Å². The number of rotatable bonds is 7. The van der Waals surface area contributed by atoms with Crippen molar-refractivity contribution in [2.45, 2.75) is 45.8 Å². The summed E-state index contributed by atoms with van der Waals surface area (Å²) in [5.41, 5.74) is 0. The van der Waals surface area contributed by atoms with Gasteiger partial charge in [-0.15, -0.1) is 0 Å². The third kappa shape index (κ3) is 6.60. The lowest BCUT2D eigenvalue weighted by Gasteiger charge is -2.19. The van der Waals surface area contributed by atoms with Crippen LogP contribution in [-0.4, -0.2) is 24.0 Å². The number of carbonyl (C=O) groups excluding carboxylic acids is 2. The van der Waals surface area contributed by atoms with Crippen molar-refractivity contribution in [2.24, 2.45) is 0 Å². The maximum Gasteiger partial charge on any atom is 0.313 e. The normalized spacial score (nSPS) is 13.4. The van der Waals surface area contributed by atoms with Crippen LogP contribution in [0.3, 0.4) is 0 Å². The predicted octanol–water partition coefficient (Wildman–Crippen LogP) is 2.75. The summed E-state index contributed by atoms with van der Waals surface area (Å²) >= 11 is 0. The minimum atomic E-state index is -0.480. The fourth-order valence-electron chi connectivity index (χ4n) is 1.76. The highest BCUT2D eigenvalue weighted by atomic mass is 16.5. The minimum absolute atomic E-state index is 0.0671. The lowest BCUT2D eigenvalue weighted by molar-refractivity contribution is -0.150. The first-order valence-corrected chi connectivity index (χ1v) is 6.38. The summed E-state index contributed by atoms with van der Waals surface area (Å²) in [6.07, 6.45) is 0.0738. The third-order valence-corrected chi connectivity index (χ3v) is 2.47. The average Bonchev–Trinajstić information content (AvgIpc) is 2.28. The molecule has 0 aliphatic heterocycles. The second-order valence-electron chi connectivity index (χ2n) is 4.66. The Labute approximate surface area is 113 Å². The van der Waals surface area contributed by atoms with Crippen molar-refractivity contribution < 1.29 is 19.1 Å². The second kappa shape index (κ2) is 7.56. The van der Waals surface area contributed by atoms with Crippen LogP contribution in [0.15, 0.2) is 30.3 Å². The van der Waals surface area contributed by atoms with Gasteiger partial charge in [-0.1, -0.05) is 18.2 Å². The molecule has 0 aliphatic rings. The van der Waals surface area contributed by atoms with E-state index < -0.39 is 5.97 Å². The van der Waals surface area contributed by atoms with Crippen molar-refractivity contribution in [3.63, 3.8) is 0 Å². The van der Waals surface area contributed by atoms with Crippen molar-refractivity contribution in [1.29, 1.82) is 0 Å². The van der Waals surface area contributed by atoms with Crippen molar-refractivity contribution in [3.8, 4) is 5.75 Å². The molecule has 0 saturated carbocycles. The van der Waals surface area contributed by atoms with Gasteiger partial charge in [-0.3, -0.25) is 9.59 Å². The van der Waals surface area contributed by atoms with E-state index in [-0.39, 0.29) is 24.4 Å². The second-order valence-corrected chi connectivity index (χ2v) is 4.66. The van der Waals surface area contributed by atoms with Gasteiger partial charge in [-0.05, 0) is 32.9 Å². The quantitative estimate of drug-likeness (QED) is 0.561. The van der Waals surface area contributed by atoms with E-state index in [1.807, 2.05) is 37.3 Å². The van der Waals surface area contributed by atoms with Gasteiger partial charge in [-0.25, -0.2) is 0 Å². The van der Waals surface area contributed by atoms with Crippen LogP contribution in [0.1, 0.15) is 33.6 Å². The fraction of sp³-hybridized carbons (Fsp3) is 0.467. The molecule has 0 radical (unpaired) electrons. The Morgan fingerprint density at radius 1 is 1.11 bits per heavy atom. The molecule has 1 aromatic rings. The molecule has 0 spiro atoms. The SMILES string of the molecule is CC(=O)CC(=O)OC(C)CC(C)Oc1ccccc1. The molecule has 0 aliphatic carbocycles. The summed E-state index contributed by atoms with van der Waals surface area (Å²) < 4.78 is 10.8. The number of esters is 1. The molecular formula is C15H20O4. The highest BCUT2D eigenvalue weighted by molar-refractivity contribution is 5.94. The molecule has 2 atom stereocenters. The molecule has 0 amide bonds. The molecule has 2 unspecified atom stereocenters. The molecule has 19 heavy (non-hydrogen) atoms. The van der Waals surface area contributed by atoms with E-state index in [4.69, 9.17) is 9.47 Å². The molecule has 0 saturated heterocycles. The summed E-state index contributed by atoms with van der Waals surface area (Å²) in [5.74, 6) is 0.120. The van der Waals surface area contributed by atoms with E-state index in [0.29, 0.717) is 6.42 Å². The van der Waals surface area contributed by atoms with E-state index in [1.54, 1.807) is 6.92 Å². The topological polar surface area (TPSA) is 52.6 Å². The Kier molecular flexibility index (Phi) is 6.06. The lowest BCUT2D eigenvalue weighted by Crippen LogP contribution is -2.23. The molecule has 0 fully saturated rings. The van der Waals surface area contributed by atoms with Crippen LogP contribution in [0, 0.1) is 0 Å². The average molecular weight is 264 g/mol. The maximum absolute atomic E-state index is 11.3. The van der Waals surface area contributed by atoms with E-state index >= 15 is 0 Å². The van der Waals surface area contributed by atoms with Gasteiger partial charge < -0.3 is 9.47 Å². The molecule has 0 N–H and O–H groups in total. The summed E-state index contributed by atoms with van der Waals surface area (Å²) in [4.78, 5) is 22.1. The number of para-hydroxylation sites is 1. The van der Waals surface area contributed by atoms with E-state index in [0.717, 1.165) is 5.75 Å². The number of benzene rings is 1. The van der Waals surface area contributed by atoms with Gasteiger partial charge >= 0.3 is 5.97 Å². The van der Waals surface area contributed by atoms with Crippen LogP contribution in [0.5, 0.6) is 5.75 Å². The number of hydrogen-bond donors (Lipinski definition) is 0. The number of ether oxygens (including phenoxy) is 2. The Bertz CT molecular complexity index is 413. The zero-order chi connectivity index (χ0) is 14.3. The smallest absolute Gasteiger partial charge is 0.313 e. The molecule has 104 valence electrons. The molecule has 1 aromatic carbocycles. The van der Waals surface area contributed by atoms with Crippen molar-refractivity contribution in [3.05, 3.63) is 30.3 Å². The first-order chi connectivity index (χ1) is 8.97. The summed E-state index contributed by atoms with van der Waals surface area (Å²) in [7, 11) is 0. The Morgan fingerprint density at radius 2 is 1.74 bits per heavy atom. The van der Waals surface area contributed by atoms with Crippen LogP contribution in [0.2, 0.25) is 0 Å². The minimum Gasteiger partial charge on any atom is -0.491 e. The zero-order valence-corrected chi connectivity index (χ0v) is 11.6. The summed E-state index contributed by atoms with van der Waals surface area (Å²) in [5, 5.41) is 0. The molecule has 0 aromatic heterocycles. The van der Waals surface area contributed by atoms with Gasteiger partial charge in [0.25, 0.3) is 0 Å². The first-order valence-electron chi connectivity index (χ1n) is 6.38. The van der Waals surface area contributed by atoms with E-state index in [2.05, 4.69) is 0 Å². The standard InChI is InChI=1S/C15H20O4/c1-11(16)9-15(17)19-13(3)10-12(2)18-14-7-5-4-6-8-14/h4-8,12-13H,9-10H2,1-3H3. The summed E-state index contributed by atoms with van der Waals surface area (Å²) in [6.45, 7) is 5.08. The van der Waals surface area contributed by atoms with Crippen LogP contribution in [-0.2, 0) is 14.3 Å². The first kappa shape index (κ1) is 15.2. The molecule has 4 heteroatoms. The van der Waals surface area contributed by atoms with Gasteiger partial charge in [0, 0.05) is 6.42 Å².